The second-order valence-corrected chi connectivity index (χ2v) is 6.54. The smallest absolute Gasteiger partial charge is 0.335 e. The highest BCUT2D eigenvalue weighted by Gasteiger charge is 2.36. The fraction of sp³-hybridized carbons (Fsp3) is 0.500. The molecule has 1 aromatic rings. The Kier molecular flexibility index (Phi) is 3.84. The van der Waals surface area contributed by atoms with Crippen molar-refractivity contribution in [2.75, 3.05) is 6.54 Å². The van der Waals surface area contributed by atoms with Crippen LogP contribution in [0.5, 0.6) is 0 Å². The van der Waals surface area contributed by atoms with Gasteiger partial charge in [-0.2, -0.15) is 0 Å². The van der Waals surface area contributed by atoms with E-state index in [0.29, 0.717) is 18.9 Å². The van der Waals surface area contributed by atoms with Gasteiger partial charge in [0.25, 0.3) is 0 Å². The second-order valence-electron chi connectivity index (χ2n) is 6.54. The Hall–Kier alpha value is -1.84. The number of rotatable bonds is 3. The molecule has 1 unspecified atom stereocenters. The van der Waals surface area contributed by atoms with Crippen LogP contribution in [0.25, 0.3) is 0 Å². The lowest BCUT2D eigenvalue weighted by Crippen LogP contribution is -2.27. The van der Waals surface area contributed by atoms with Crippen LogP contribution in [-0.4, -0.2) is 28.4 Å². The van der Waals surface area contributed by atoms with Crippen molar-refractivity contribution in [2.45, 2.75) is 33.7 Å². The van der Waals surface area contributed by atoms with Gasteiger partial charge in [0.1, 0.15) is 0 Å². The van der Waals surface area contributed by atoms with Crippen molar-refractivity contribution >= 4 is 11.9 Å². The minimum absolute atomic E-state index is 0.136. The molecule has 0 saturated carbocycles. The number of carboxylic acids is 1. The van der Waals surface area contributed by atoms with Gasteiger partial charge >= 0.3 is 5.97 Å². The van der Waals surface area contributed by atoms with Crippen LogP contribution < -0.4 is 0 Å². The number of benzene rings is 1. The third kappa shape index (κ3) is 3.18. The molecule has 1 aliphatic rings. The number of amides is 1. The Labute approximate surface area is 119 Å². The molecule has 1 amide bonds. The lowest BCUT2D eigenvalue weighted by Gasteiger charge is -2.26. The Bertz CT molecular complexity index is 514. The van der Waals surface area contributed by atoms with Crippen LogP contribution in [0.4, 0.5) is 0 Å². The zero-order chi connectivity index (χ0) is 14.9. The maximum Gasteiger partial charge on any atom is 0.335 e. The molecular weight excluding hydrogens is 254 g/mol. The van der Waals surface area contributed by atoms with Crippen LogP contribution in [0.15, 0.2) is 24.3 Å². The van der Waals surface area contributed by atoms with E-state index < -0.39 is 5.97 Å². The summed E-state index contributed by atoms with van der Waals surface area (Å²) in [6, 6.07) is 6.72. The van der Waals surface area contributed by atoms with E-state index in [1.54, 1.807) is 24.3 Å². The summed E-state index contributed by atoms with van der Waals surface area (Å²) in [5, 5.41) is 8.86. The molecule has 1 heterocycles. The van der Waals surface area contributed by atoms with Crippen molar-refractivity contribution in [3.8, 4) is 0 Å². The summed E-state index contributed by atoms with van der Waals surface area (Å²) in [6.07, 6.45) is 0.608. The van der Waals surface area contributed by atoms with E-state index in [9.17, 15) is 9.59 Å². The molecule has 1 aromatic carbocycles. The maximum absolute atomic E-state index is 12.0. The molecule has 4 nitrogen and oxygen atoms in total. The van der Waals surface area contributed by atoms with Gasteiger partial charge < -0.3 is 10.0 Å². The van der Waals surface area contributed by atoms with Crippen molar-refractivity contribution in [1.82, 2.24) is 4.90 Å². The van der Waals surface area contributed by atoms with Gasteiger partial charge in [0.15, 0.2) is 0 Å². The van der Waals surface area contributed by atoms with Crippen molar-refractivity contribution in [3.05, 3.63) is 35.4 Å². The molecule has 108 valence electrons. The summed E-state index contributed by atoms with van der Waals surface area (Å²) in [7, 11) is 0. The van der Waals surface area contributed by atoms with Gasteiger partial charge in [0.2, 0.25) is 5.91 Å². The SMILES string of the molecule is CC(C)(C)C1CC(=O)N(Cc2ccc(C(=O)O)cc2)C1. The average Bonchev–Trinajstić information content (AvgIpc) is 2.71. The first-order valence-electron chi connectivity index (χ1n) is 6.87. The third-order valence-electron chi connectivity index (χ3n) is 4.01. The van der Waals surface area contributed by atoms with Gasteiger partial charge in [-0.15, -0.1) is 0 Å². The van der Waals surface area contributed by atoms with Crippen LogP contribution >= 0.6 is 0 Å². The van der Waals surface area contributed by atoms with Gasteiger partial charge in [-0.3, -0.25) is 4.79 Å². The summed E-state index contributed by atoms with van der Waals surface area (Å²) in [4.78, 5) is 24.7. The fourth-order valence-electron chi connectivity index (χ4n) is 2.48. The quantitative estimate of drug-likeness (QED) is 0.922. The minimum Gasteiger partial charge on any atom is -0.478 e. The number of nitrogens with zero attached hydrogens (tertiary/aromatic N) is 1. The van der Waals surface area contributed by atoms with Crippen molar-refractivity contribution in [2.24, 2.45) is 11.3 Å². The molecule has 4 heteroatoms. The van der Waals surface area contributed by atoms with Crippen LogP contribution in [0.3, 0.4) is 0 Å². The van der Waals surface area contributed by atoms with Crippen LogP contribution in [0.2, 0.25) is 0 Å². The molecule has 1 aliphatic heterocycles. The first kappa shape index (κ1) is 14.6. The van der Waals surface area contributed by atoms with Gasteiger partial charge in [-0.25, -0.2) is 4.79 Å². The van der Waals surface area contributed by atoms with Gasteiger partial charge in [-0.05, 0) is 29.0 Å². The predicted octanol–water partition coefficient (Wildman–Crippen LogP) is 2.78. The lowest BCUT2D eigenvalue weighted by molar-refractivity contribution is -0.128. The summed E-state index contributed by atoms with van der Waals surface area (Å²) in [6.45, 7) is 7.83. The first-order valence-corrected chi connectivity index (χ1v) is 6.87. The minimum atomic E-state index is -0.929. The molecule has 1 fully saturated rings. The first-order chi connectivity index (χ1) is 9.27. The second kappa shape index (κ2) is 5.27. The zero-order valence-corrected chi connectivity index (χ0v) is 12.2. The van der Waals surface area contributed by atoms with Crippen LogP contribution in [0.1, 0.15) is 43.1 Å². The Morgan fingerprint density at radius 3 is 2.35 bits per heavy atom. The van der Waals surface area contributed by atoms with E-state index in [1.807, 2.05) is 4.90 Å². The van der Waals surface area contributed by atoms with E-state index in [1.165, 1.54) is 0 Å². The number of likely N-dealkylation sites (tertiary alicyclic amines) is 1. The van der Waals surface area contributed by atoms with Crippen molar-refractivity contribution in [1.29, 1.82) is 0 Å². The molecular formula is C16H21NO3. The van der Waals surface area contributed by atoms with Crippen LogP contribution in [-0.2, 0) is 11.3 Å². The standard InChI is InChI=1S/C16H21NO3/c1-16(2,3)13-8-14(18)17(10-13)9-11-4-6-12(7-5-11)15(19)20/h4-7,13H,8-10H2,1-3H3,(H,19,20). The van der Waals surface area contributed by atoms with E-state index in [0.717, 1.165) is 12.1 Å². The molecule has 0 spiro atoms. The molecule has 0 aliphatic carbocycles. The summed E-state index contributed by atoms with van der Waals surface area (Å²) in [5.41, 5.74) is 1.38. The Balaban J connectivity index is 2.03. The molecule has 0 bridgehead atoms. The van der Waals surface area contributed by atoms with E-state index in [4.69, 9.17) is 5.11 Å². The number of hydrogen-bond acceptors (Lipinski definition) is 2. The van der Waals surface area contributed by atoms with Crippen LogP contribution in [0, 0.1) is 11.3 Å². The molecule has 1 saturated heterocycles. The molecule has 1 atom stereocenters. The highest BCUT2D eigenvalue weighted by atomic mass is 16.4. The highest BCUT2D eigenvalue weighted by molar-refractivity contribution is 5.87. The third-order valence-corrected chi connectivity index (χ3v) is 4.01. The zero-order valence-electron chi connectivity index (χ0n) is 12.2. The normalized spacial score (nSPS) is 19.4. The Morgan fingerprint density at radius 1 is 1.30 bits per heavy atom. The maximum atomic E-state index is 12.0. The van der Waals surface area contributed by atoms with E-state index >= 15 is 0 Å². The largest absolute Gasteiger partial charge is 0.478 e. The number of hydrogen-bond donors (Lipinski definition) is 1. The fourth-order valence-corrected chi connectivity index (χ4v) is 2.48. The van der Waals surface area contributed by atoms with E-state index in [-0.39, 0.29) is 16.9 Å². The number of aromatic carboxylic acids is 1. The van der Waals surface area contributed by atoms with Gasteiger partial charge in [-0.1, -0.05) is 32.9 Å². The van der Waals surface area contributed by atoms with Gasteiger partial charge in [0, 0.05) is 19.5 Å². The molecule has 20 heavy (non-hydrogen) atoms. The van der Waals surface area contributed by atoms with E-state index in [2.05, 4.69) is 20.8 Å². The topological polar surface area (TPSA) is 57.6 Å². The average molecular weight is 275 g/mol. The summed E-state index contributed by atoms with van der Waals surface area (Å²) < 4.78 is 0. The van der Waals surface area contributed by atoms with Crippen molar-refractivity contribution < 1.29 is 14.7 Å². The van der Waals surface area contributed by atoms with Crippen molar-refractivity contribution in [3.63, 3.8) is 0 Å². The number of carbonyl (C=O) groups excluding carboxylic acids is 1. The lowest BCUT2D eigenvalue weighted by atomic mass is 9.80. The molecule has 0 radical (unpaired) electrons. The monoisotopic (exact) mass is 275 g/mol. The number of carbonyl (C=O) groups is 2. The summed E-state index contributed by atoms with van der Waals surface area (Å²) in [5.74, 6) is -0.359. The molecule has 1 N–H and O–H groups in total. The molecule has 0 aromatic heterocycles. The van der Waals surface area contributed by atoms with Gasteiger partial charge in [0.05, 0.1) is 5.56 Å². The summed E-state index contributed by atoms with van der Waals surface area (Å²) >= 11 is 0. The predicted molar refractivity (Wildman–Crippen MR) is 76.4 cm³/mol. The number of carboxylic acid groups (broad SMARTS) is 1. The Morgan fingerprint density at radius 2 is 1.90 bits per heavy atom. The molecule has 2 rings (SSSR count). The highest BCUT2D eigenvalue weighted by Crippen LogP contribution is 2.34.